The van der Waals surface area contributed by atoms with Crippen molar-refractivity contribution in [1.82, 2.24) is 9.88 Å². The molecule has 0 atom stereocenters. The molecule has 3 aromatic rings. The van der Waals surface area contributed by atoms with Gasteiger partial charge in [-0.2, -0.15) is 0 Å². The maximum absolute atomic E-state index is 11.8. The summed E-state index contributed by atoms with van der Waals surface area (Å²) in [5.74, 6) is -0.165. The van der Waals surface area contributed by atoms with E-state index in [1.165, 1.54) is 0 Å². The number of hydrogen-bond acceptors (Lipinski definition) is 4. The first-order valence-electron chi connectivity index (χ1n) is 9.30. The van der Waals surface area contributed by atoms with E-state index in [0.717, 1.165) is 43.0 Å². The highest BCUT2D eigenvalue weighted by atomic mass is 35.5. The van der Waals surface area contributed by atoms with Crippen LogP contribution in [0.15, 0.2) is 36.4 Å². The highest BCUT2D eigenvalue weighted by molar-refractivity contribution is 6.39. The average molecular weight is 434 g/mol. The van der Waals surface area contributed by atoms with E-state index in [0.29, 0.717) is 27.7 Å². The number of carboxylic acid groups (broad SMARTS) is 1. The third-order valence-corrected chi connectivity index (χ3v) is 5.82. The molecule has 0 radical (unpaired) electrons. The van der Waals surface area contributed by atoms with Crippen LogP contribution in [0.25, 0.3) is 10.9 Å². The molecule has 2 aromatic carbocycles. The number of hydrogen-bond donors (Lipinski definition) is 2. The van der Waals surface area contributed by atoms with Gasteiger partial charge in [-0.05, 0) is 24.3 Å². The van der Waals surface area contributed by atoms with Crippen molar-refractivity contribution < 1.29 is 14.6 Å². The maximum atomic E-state index is 11.8. The number of anilines is 1. The lowest BCUT2D eigenvalue weighted by molar-refractivity contribution is 0.0689. The van der Waals surface area contributed by atoms with Crippen molar-refractivity contribution >= 4 is 45.8 Å². The van der Waals surface area contributed by atoms with Crippen molar-refractivity contribution in [3.63, 3.8) is 0 Å². The lowest BCUT2D eigenvalue weighted by Gasteiger charge is -2.36. The van der Waals surface area contributed by atoms with Gasteiger partial charge in [0.2, 0.25) is 0 Å². The lowest BCUT2D eigenvalue weighted by atomic mass is 10.1. The smallest absolute Gasteiger partial charge is 0.352 e. The Morgan fingerprint density at radius 1 is 1.17 bits per heavy atom. The molecule has 8 heteroatoms. The van der Waals surface area contributed by atoms with Crippen molar-refractivity contribution in [2.24, 2.45) is 0 Å². The Morgan fingerprint density at radius 2 is 1.93 bits per heavy atom. The van der Waals surface area contributed by atoms with E-state index >= 15 is 0 Å². The minimum atomic E-state index is -1.00. The van der Waals surface area contributed by atoms with Crippen LogP contribution in [0.4, 0.5) is 5.69 Å². The SMILES string of the molecule is COc1cccc(N2CCN(Cc3c(C(=O)O)[nH]c4cc(Cl)cc(Cl)c34)CC2)c1. The van der Waals surface area contributed by atoms with E-state index in [1.54, 1.807) is 19.2 Å². The van der Waals surface area contributed by atoms with Crippen LogP contribution in [0.2, 0.25) is 10.0 Å². The molecular formula is C21H21Cl2N3O3. The molecule has 2 N–H and O–H groups in total. The van der Waals surface area contributed by atoms with Crippen molar-refractivity contribution in [2.45, 2.75) is 6.54 Å². The average Bonchev–Trinajstić information content (AvgIpc) is 3.07. The molecule has 0 amide bonds. The maximum Gasteiger partial charge on any atom is 0.352 e. The molecule has 0 unspecified atom stereocenters. The van der Waals surface area contributed by atoms with Crippen LogP contribution in [-0.2, 0) is 6.54 Å². The zero-order chi connectivity index (χ0) is 20.5. The summed E-state index contributed by atoms with van der Waals surface area (Å²) in [6.45, 7) is 3.83. The number of halogens is 2. The number of carbonyl (C=O) groups is 1. The predicted octanol–water partition coefficient (Wildman–Crippen LogP) is 4.50. The van der Waals surface area contributed by atoms with Crippen LogP contribution < -0.4 is 9.64 Å². The van der Waals surface area contributed by atoms with Crippen molar-refractivity contribution in [3.8, 4) is 5.75 Å². The number of ether oxygens (including phenoxy) is 1. The Morgan fingerprint density at radius 3 is 2.62 bits per heavy atom. The van der Waals surface area contributed by atoms with Crippen LogP contribution in [0, 0.1) is 0 Å². The van der Waals surface area contributed by atoms with Gasteiger partial charge in [0, 0.05) is 66.0 Å². The number of rotatable bonds is 5. The normalized spacial score (nSPS) is 15.1. The lowest BCUT2D eigenvalue weighted by Crippen LogP contribution is -2.46. The summed E-state index contributed by atoms with van der Waals surface area (Å²) in [5, 5.41) is 11.3. The minimum absolute atomic E-state index is 0.166. The number of aromatic nitrogens is 1. The molecule has 1 aliphatic heterocycles. The summed E-state index contributed by atoms with van der Waals surface area (Å²) in [6, 6.07) is 11.4. The van der Waals surface area contributed by atoms with E-state index in [1.807, 2.05) is 18.2 Å². The predicted molar refractivity (Wildman–Crippen MR) is 116 cm³/mol. The van der Waals surface area contributed by atoms with Crippen LogP contribution in [0.1, 0.15) is 16.1 Å². The molecule has 2 heterocycles. The van der Waals surface area contributed by atoms with Gasteiger partial charge >= 0.3 is 5.97 Å². The van der Waals surface area contributed by atoms with E-state index in [-0.39, 0.29) is 5.69 Å². The fraction of sp³-hybridized carbons (Fsp3) is 0.286. The van der Waals surface area contributed by atoms with Gasteiger partial charge in [0.15, 0.2) is 0 Å². The fourth-order valence-electron chi connectivity index (χ4n) is 3.85. The number of aromatic carboxylic acids is 1. The second-order valence-corrected chi connectivity index (χ2v) is 7.90. The molecule has 0 bridgehead atoms. The van der Waals surface area contributed by atoms with E-state index in [9.17, 15) is 9.90 Å². The third-order valence-electron chi connectivity index (χ3n) is 5.30. The molecule has 1 aromatic heterocycles. The summed E-state index contributed by atoms with van der Waals surface area (Å²) in [5.41, 5.74) is 2.63. The molecule has 29 heavy (non-hydrogen) atoms. The zero-order valence-electron chi connectivity index (χ0n) is 15.9. The molecule has 0 aliphatic carbocycles. The Labute approximate surface area is 178 Å². The van der Waals surface area contributed by atoms with Crippen LogP contribution in [0.5, 0.6) is 5.75 Å². The Bertz CT molecular complexity index is 1060. The first-order chi connectivity index (χ1) is 14.0. The Balaban J connectivity index is 1.54. The van der Waals surface area contributed by atoms with Gasteiger partial charge in [-0.25, -0.2) is 4.79 Å². The monoisotopic (exact) mass is 433 g/mol. The molecule has 6 nitrogen and oxygen atoms in total. The molecule has 152 valence electrons. The van der Waals surface area contributed by atoms with Crippen molar-refractivity contribution in [1.29, 1.82) is 0 Å². The number of aromatic amines is 1. The number of piperazine rings is 1. The molecule has 4 rings (SSSR count). The van der Waals surface area contributed by atoms with Crippen LogP contribution in [-0.4, -0.2) is 54.2 Å². The number of fused-ring (bicyclic) bond motifs is 1. The standard InChI is InChI=1S/C21H21Cl2N3O3/c1-29-15-4-2-3-14(11-15)26-7-5-25(6-8-26)12-16-19-17(23)9-13(22)10-18(19)24-20(16)21(27)28/h2-4,9-11,24H,5-8,12H2,1H3,(H,27,28). The number of benzene rings is 2. The highest BCUT2D eigenvalue weighted by Gasteiger charge is 2.24. The number of carboxylic acids is 1. The van der Waals surface area contributed by atoms with Crippen molar-refractivity contribution in [3.05, 3.63) is 57.7 Å². The minimum Gasteiger partial charge on any atom is -0.497 e. The first-order valence-corrected chi connectivity index (χ1v) is 10.1. The summed E-state index contributed by atoms with van der Waals surface area (Å²) in [7, 11) is 1.66. The molecule has 0 spiro atoms. The molecule has 0 saturated carbocycles. The third kappa shape index (κ3) is 4.01. The largest absolute Gasteiger partial charge is 0.497 e. The van der Waals surface area contributed by atoms with E-state index in [4.69, 9.17) is 27.9 Å². The second kappa shape index (κ2) is 8.14. The molecular weight excluding hydrogens is 413 g/mol. The van der Waals surface area contributed by atoms with E-state index in [2.05, 4.69) is 20.9 Å². The van der Waals surface area contributed by atoms with Gasteiger partial charge in [0.1, 0.15) is 11.4 Å². The quantitative estimate of drug-likeness (QED) is 0.619. The van der Waals surface area contributed by atoms with Gasteiger partial charge in [-0.15, -0.1) is 0 Å². The topological polar surface area (TPSA) is 68.8 Å². The Hall–Kier alpha value is -2.41. The van der Waals surface area contributed by atoms with Gasteiger partial charge in [0.05, 0.1) is 12.1 Å². The first kappa shape index (κ1) is 19.9. The summed E-state index contributed by atoms with van der Waals surface area (Å²) in [4.78, 5) is 19.3. The van der Waals surface area contributed by atoms with Gasteiger partial charge < -0.3 is 19.7 Å². The number of methoxy groups -OCH3 is 1. The molecule has 1 aliphatic rings. The summed E-state index contributed by atoms with van der Waals surface area (Å²) >= 11 is 12.5. The number of H-pyrrole nitrogens is 1. The van der Waals surface area contributed by atoms with Crippen molar-refractivity contribution in [2.75, 3.05) is 38.2 Å². The molecule has 1 saturated heterocycles. The number of nitrogens with one attached hydrogen (secondary N) is 1. The zero-order valence-corrected chi connectivity index (χ0v) is 17.4. The molecule has 1 fully saturated rings. The van der Waals surface area contributed by atoms with Gasteiger partial charge in [-0.1, -0.05) is 29.3 Å². The second-order valence-electron chi connectivity index (χ2n) is 7.06. The van der Waals surface area contributed by atoms with Gasteiger partial charge in [-0.3, -0.25) is 4.90 Å². The Kier molecular flexibility index (Phi) is 5.58. The van der Waals surface area contributed by atoms with E-state index < -0.39 is 5.97 Å². The van der Waals surface area contributed by atoms with Gasteiger partial charge in [0.25, 0.3) is 0 Å². The van der Waals surface area contributed by atoms with Crippen LogP contribution >= 0.6 is 23.2 Å². The summed E-state index contributed by atoms with van der Waals surface area (Å²) in [6.07, 6.45) is 0. The van der Waals surface area contributed by atoms with Crippen LogP contribution in [0.3, 0.4) is 0 Å². The highest BCUT2D eigenvalue weighted by Crippen LogP contribution is 2.33. The fourth-order valence-corrected chi connectivity index (χ4v) is 4.46. The summed E-state index contributed by atoms with van der Waals surface area (Å²) < 4.78 is 5.31. The number of nitrogens with zero attached hydrogens (tertiary/aromatic N) is 2.